The zero-order chi connectivity index (χ0) is 18.8. The van der Waals surface area contributed by atoms with Gasteiger partial charge in [0.05, 0.1) is 7.11 Å². The van der Waals surface area contributed by atoms with E-state index in [2.05, 4.69) is 21.9 Å². The molecule has 0 N–H and O–H groups in total. The summed E-state index contributed by atoms with van der Waals surface area (Å²) in [6.07, 6.45) is 2.29. The Hall–Kier alpha value is -2.04. The van der Waals surface area contributed by atoms with Gasteiger partial charge in [-0.25, -0.2) is 0 Å². The van der Waals surface area contributed by atoms with E-state index in [-0.39, 0.29) is 11.9 Å². The van der Waals surface area contributed by atoms with Crippen LogP contribution in [0.5, 0.6) is 5.75 Å². The second-order valence-electron chi connectivity index (χ2n) is 7.60. The first-order chi connectivity index (χ1) is 13.1. The Bertz CT molecular complexity index is 791. The van der Waals surface area contributed by atoms with Gasteiger partial charge in [0.2, 0.25) is 0 Å². The fourth-order valence-electron chi connectivity index (χ4n) is 4.30. The number of benzene rings is 2. The molecule has 3 aliphatic rings. The molecular weight excluding hydrogens is 360 g/mol. The van der Waals surface area contributed by atoms with E-state index in [1.165, 1.54) is 12.0 Å². The summed E-state index contributed by atoms with van der Waals surface area (Å²) in [6.45, 7) is 3.75. The van der Waals surface area contributed by atoms with E-state index in [9.17, 15) is 4.79 Å². The lowest BCUT2D eigenvalue weighted by Crippen LogP contribution is -2.47. The van der Waals surface area contributed by atoms with E-state index in [1.54, 1.807) is 19.2 Å². The van der Waals surface area contributed by atoms with Crippen molar-refractivity contribution in [2.45, 2.75) is 25.4 Å². The Morgan fingerprint density at radius 3 is 2.48 bits per heavy atom. The molecule has 3 fully saturated rings. The second-order valence-corrected chi connectivity index (χ2v) is 8.04. The van der Waals surface area contributed by atoms with Gasteiger partial charge in [0.25, 0.3) is 5.91 Å². The number of carbonyl (C=O) groups excluding carboxylic acids is 1. The van der Waals surface area contributed by atoms with Crippen LogP contribution in [0, 0.1) is 5.92 Å². The highest BCUT2D eigenvalue weighted by Gasteiger charge is 2.37. The van der Waals surface area contributed by atoms with Gasteiger partial charge in [-0.05, 0) is 60.7 Å². The lowest BCUT2D eigenvalue weighted by molar-refractivity contribution is 0.0585. The van der Waals surface area contributed by atoms with E-state index >= 15 is 0 Å². The molecule has 5 heteroatoms. The van der Waals surface area contributed by atoms with Gasteiger partial charge in [-0.1, -0.05) is 23.7 Å². The van der Waals surface area contributed by atoms with Crippen LogP contribution < -0.4 is 4.74 Å². The van der Waals surface area contributed by atoms with Gasteiger partial charge in [0.1, 0.15) is 5.75 Å². The summed E-state index contributed by atoms with van der Waals surface area (Å²) < 4.78 is 5.25. The predicted molar refractivity (Wildman–Crippen MR) is 107 cm³/mol. The van der Waals surface area contributed by atoms with Crippen molar-refractivity contribution in [3.63, 3.8) is 0 Å². The third kappa shape index (κ3) is 4.12. The Kier molecular flexibility index (Phi) is 5.37. The standard InChI is InChI=1S/C22H25ClN2O2/c1-27-21-10-3-16(4-11-21)12-24-13-17-2-9-20(15-24)25(14-17)22(26)18-5-7-19(23)8-6-18/h3-8,10-11,17,20H,2,9,12-15H2,1H3/t17-,20+/m0/s1. The molecule has 0 spiro atoms. The van der Waals surface area contributed by atoms with Crippen LogP contribution in [0.25, 0.3) is 0 Å². The van der Waals surface area contributed by atoms with E-state index in [0.717, 1.165) is 43.9 Å². The summed E-state index contributed by atoms with van der Waals surface area (Å²) in [6, 6.07) is 15.8. The molecule has 0 unspecified atom stereocenters. The molecule has 142 valence electrons. The van der Waals surface area contributed by atoms with Crippen molar-refractivity contribution in [2.75, 3.05) is 26.7 Å². The molecule has 1 amide bonds. The molecule has 27 heavy (non-hydrogen) atoms. The van der Waals surface area contributed by atoms with Crippen LogP contribution in [0.15, 0.2) is 48.5 Å². The molecular formula is C22H25ClN2O2. The molecule has 4 nitrogen and oxygen atoms in total. The fraction of sp³-hybridized carbons (Fsp3) is 0.409. The maximum Gasteiger partial charge on any atom is 0.254 e. The topological polar surface area (TPSA) is 32.8 Å². The highest BCUT2D eigenvalue weighted by Crippen LogP contribution is 2.30. The number of hydrogen-bond donors (Lipinski definition) is 0. The van der Waals surface area contributed by atoms with Crippen molar-refractivity contribution < 1.29 is 9.53 Å². The van der Waals surface area contributed by atoms with Gasteiger partial charge < -0.3 is 9.64 Å². The minimum Gasteiger partial charge on any atom is -0.497 e. The van der Waals surface area contributed by atoms with Gasteiger partial charge in [-0.2, -0.15) is 0 Å². The maximum atomic E-state index is 13.0. The van der Waals surface area contributed by atoms with Crippen LogP contribution in [0.3, 0.4) is 0 Å². The van der Waals surface area contributed by atoms with Crippen molar-refractivity contribution >= 4 is 17.5 Å². The summed E-state index contributed by atoms with van der Waals surface area (Å²) in [5.74, 6) is 1.56. The number of amides is 1. The van der Waals surface area contributed by atoms with Gasteiger partial charge in [0.15, 0.2) is 0 Å². The molecule has 0 aliphatic carbocycles. The number of ether oxygens (including phenoxy) is 1. The number of piperidine rings is 1. The summed E-state index contributed by atoms with van der Waals surface area (Å²) in [5, 5.41) is 0.662. The first-order valence-corrected chi connectivity index (χ1v) is 9.92. The average molecular weight is 385 g/mol. The predicted octanol–water partition coefficient (Wildman–Crippen LogP) is 4.09. The molecule has 0 radical (unpaired) electrons. The lowest BCUT2D eigenvalue weighted by atomic mass is 9.94. The zero-order valence-corrected chi connectivity index (χ0v) is 16.4. The minimum atomic E-state index is 0.132. The molecule has 0 aromatic heterocycles. The number of fused-ring (bicyclic) bond motifs is 4. The summed E-state index contributed by atoms with van der Waals surface area (Å²) in [5.41, 5.74) is 2.02. The largest absolute Gasteiger partial charge is 0.497 e. The van der Waals surface area contributed by atoms with Crippen LogP contribution >= 0.6 is 11.6 Å². The van der Waals surface area contributed by atoms with Gasteiger partial charge in [-0.15, -0.1) is 0 Å². The Labute approximate surface area is 165 Å². The van der Waals surface area contributed by atoms with Gasteiger partial charge >= 0.3 is 0 Å². The molecule has 3 saturated heterocycles. The van der Waals surface area contributed by atoms with Crippen LogP contribution in [-0.4, -0.2) is 48.5 Å². The minimum absolute atomic E-state index is 0.132. The summed E-state index contributed by atoms with van der Waals surface area (Å²) >= 11 is 5.97. The van der Waals surface area contributed by atoms with E-state index in [4.69, 9.17) is 16.3 Å². The van der Waals surface area contributed by atoms with Gasteiger partial charge in [-0.3, -0.25) is 9.69 Å². The highest BCUT2D eigenvalue weighted by atomic mass is 35.5. The Morgan fingerprint density at radius 2 is 1.78 bits per heavy atom. The third-order valence-corrected chi connectivity index (χ3v) is 5.96. The van der Waals surface area contributed by atoms with Crippen LogP contribution in [0.1, 0.15) is 28.8 Å². The molecule has 2 aromatic carbocycles. The van der Waals surface area contributed by atoms with Crippen molar-refractivity contribution in [3.05, 3.63) is 64.7 Å². The zero-order valence-electron chi connectivity index (χ0n) is 15.6. The molecule has 0 saturated carbocycles. The Balaban J connectivity index is 1.46. The van der Waals surface area contributed by atoms with Crippen molar-refractivity contribution in [2.24, 2.45) is 5.92 Å². The molecule has 2 bridgehead atoms. The number of hydrogen-bond acceptors (Lipinski definition) is 3. The number of carbonyl (C=O) groups is 1. The van der Waals surface area contributed by atoms with Crippen LogP contribution in [0.4, 0.5) is 0 Å². The smallest absolute Gasteiger partial charge is 0.254 e. The number of rotatable bonds is 4. The fourth-order valence-corrected chi connectivity index (χ4v) is 4.43. The van der Waals surface area contributed by atoms with Crippen molar-refractivity contribution in [1.29, 1.82) is 0 Å². The second kappa shape index (κ2) is 7.91. The molecule has 5 rings (SSSR count). The number of halogens is 1. The molecule has 2 atom stereocenters. The lowest BCUT2D eigenvalue weighted by Gasteiger charge is -2.36. The normalized spacial score (nSPS) is 22.5. The summed E-state index contributed by atoms with van der Waals surface area (Å²) in [7, 11) is 1.69. The highest BCUT2D eigenvalue weighted by molar-refractivity contribution is 6.30. The van der Waals surface area contributed by atoms with Crippen molar-refractivity contribution in [1.82, 2.24) is 9.80 Å². The SMILES string of the molecule is COc1ccc(CN2C[C@@H]3CC[C@H](C2)N(C(=O)c2ccc(Cl)cc2)C3)cc1. The first kappa shape index (κ1) is 18.3. The van der Waals surface area contributed by atoms with Crippen LogP contribution in [-0.2, 0) is 6.54 Å². The molecule has 3 heterocycles. The van der Waals surface area contributed by atoms with Crippen LogP contribution in [0.2, 0.25) is 5.02 Å². The van der Waals surface area contributed by atoms with E-state index < -0.39 is 0 Å². The number of methoxy groups -OCH3 is 1. The summed E-state index contributed by atoms with van der Waals surface area (Å²) in [4.78, 5) is 17.6. The third-order valence-electron chi connectivity index (χ3n) is 5.71. The first-order valence-electron chi connectivity index (χ1n) is 9.54. The van der Waals surface area contributed by atoms with Crippen molar-refractivity contribution in [3.8, 4) is 5.75 Å². The molecule has 3 aliphatic heterocycles. The van der Waals surface area contributed by atoms with E-state index in [0.29, 0.717) is 10.9 Å². The molecule has 2 aromatic rings. The number of nitrogens with zero attached hydrogens (tertiary/aromatic N) is 2. The maximum absolute atomic E-state index is 13.0. The van der Waals surface area contributed by atoms with Gasteiger partial charge in [0, 0.05) is 42.8 Å². The average Bonchev–Trinajstić information content (AvgIpc) is 2.99. The van der Waals surface area contributed by atoms with E-state index in [1.807, 2.05) is 24.3 Å². The quantitative estimate of drug-likeness (QED) is 0.796. The Morgan fingerprint density at radius 1 is 1.04 bits per heavy atom. The monoisotopic (exact) mass is 384 g/mol.